The molecule has 24 heavy (non-hydrogen) atoms. The van der Waals surface area contributed by atoms with Gasteiger partial charge in [0.15, 0.2) is 0 Å². The van der Waals surface area contributed by atoms with Crippen molar-refractivity contribution in [2.75, 3.05) is 5.73 Å². The quantitative estimate of drug-likeness (QED) is 0.537. The van der Waals surface area contributed by atoms with Crippen LogP contribution in [0.4, 0.5) is 40.8 Å². The standard InChI is InChI=1S/C14H7F8NS/c15-10-4-8(23)5-11(16)12(10)24-9-2-6(13(17,18)19)1-7(3-9)14(20,21)22/h1-5H,23H2. The lowest BCUT2D eigenvalue weighted by Gasteiger charge is -2.14. The van der Waals surface area contributed by atoms with Crippen LogP contribution in [0.5, 0.6) is 0 Å². The zero-order chi connectivity index (χ0) is 18.3. The smallest absolute Gasteiger partial charge is 0.399 e. The maximum atomic E-state index is 13.7. The van der Waals surface area contributed by atoms with Crippen molar-refractivity contribution in [2.45, 2.75) is 22.1 Å². The minimum absolute atomic E-state index is 0.0697. The second kappa shape index (κ2) is 6.15. The average molecular weight is 373 g/mol. The van der Waals surface area contributed by atoms with Gasteiger partial charge in [-0.2, -0.15) is 26.3 Å². The Bertz CT molecular complexity index is 711. The fourth-order valence-corrected chi connectivity index (χ4v) is 2.70. The Hall–Kier alpha value is -1.97. The summed E-state index contributed by atoms with van der Waals surface area (Å²) in [5.41, 5.74) is 1.78. The summed E-state index contributed by atoms with van der Waals surface area (Å²) < 4.78 is 104. The first kappa shape index (κ1) is 18.4. The maximum absolute atomic E-state index is 13.7. The molecule has 0 aliphatic rings. The summed E-state index contributed by atoms with van der Waals surface area (Å²) in [7, 11) is 0. The number of anilines is 1. The number of halogens is 8. The number of hydrogen-bond donors (Lipinski definition) is 1. The van der Waals surface area contributed by atoms with E-state index in [0.717, 1.165) is 0 Å². The summed E-state index contributed by atoms with van der Waals surface area (Å²) in [6, 6.07) is 2.12. The van der Waals surface area contributed by atoms with E-state index in [-0.39, 0.29) is 23.5 Å². The van der Waals surface area contributed by atoms with Crippen LogP contribution in [0.25, 0.3) is 0 Å². The lowest BCUT2D eigenvalue weighted by atomic mass is 10.1. The zero-order valence-corrected chi connectivity index (χ0v) is 12.2. The van der Waals surface area contributed by atoms with Gasteiger partial charge >= 0.3 is 12.4 Å². The molecule has 10 heteroatoms. The fraction of sp³-hybridized carbons (Fsp3) is 0.143. The second-order valence-corrected chi connectivity index (χ2v) is 5.74. The topological polar surface area (TPSA) is 26.0 Å². The highest BCUT2D eigenvalue weighted by molar-refractivity contribution is 7.99. The normalized spacial score (nSPS) is 12.5. The van der Waals surface area contributed by atoms with Crippen LogP contribution in [-0.2, 0) is 12.4 Å². The minimum Gasteiger partial charge on any atom is -0.399 e. The van der Waals surface area contributed by atoms with E-state index in [9.17, 15) is 35.1 Å². The molecule has 0 unspecified atom stereocenters. The molecule has 0 aromatic heterocycles. The van der Waals surface area contributed by atoms with Gasteiger partial charge in [0, 0.05) is 10.6 Å². The van der Waals surface area contributed by atoms with E-state index in [1.807, 2.05) is 0 Å². The van der Waals surface area contributed by atoms with Crippen LogP contribution in [0.3, 0.4) is 0 Å². The third-order valence-electron chi connectivity index (χ3n) is 2.80. The maximum Gasteiger partial charge on any atom is 0.416 e. The lowest BCUT2D eigenvalue weighted by molar-refractivity contribution is -0.143. The Morgan fingerprint density at radius 2 is 1.12 bits per heavy atom. The van der Waals surface area contributed by atoms with Gasteiger partial charge in [-0.05, 0) is 30.3 Å². The van der Waals surface area contributed by atoms with Crippen molar-refractivity contribution in [2.24, 2.45) is 0 Å². The highest BCUT2D eigenvalue weighted by atomic mass is 32.2. The predicted molar refractivity (Wildman–Crippen MR) is 71.3 cm³/mol. The van der Waals surface area contributed by atoms with Gasteiger partial charge in [0.05, 0.1) is 16.0 Å². The van der Waals surface area contributed by atoms with Crippen molar-refractivity contribution in [3.8, 4) is 0 Å². The third kappa shape index (κ3) is 4.11. The summed E-state index contributed by atoms with van der Waals surface area (Å²) in [5.74, 6) is -2.38. The van der Waals surface area contributed by atoms with Crippen LogP contribution < -0.4 is 5.73 Å². The summed E-state index contributed by atoms with van der Waals surface area (Å²) in [6.07, 6.45) is -10.1. The minimum atomic E-state index is -5.05. The highest BCUT2D eigenvalue weighted by Gasteiger charge is 2.37. The molecule has 2 aromatic rings. The third-order valence-corrected chi connectivity index (χ3v) is 3.87. The number of nitrogens with two attached hydrogens (primary N) is 1. The molecule has 2 rings (SSSR count). The molecule has 0 heterocycles. The van der Waals surface area contributed by atoms with Gasteiger partial charge in [0.25, 0.3) is 0 Å². The van der Waals surface area contributed by atoms with Crippen LogP contribution in [0.15, 0.2) is 40.1 Å². The molecule has 0 fully saturated rings. The van der Waals surface area contributed by atoms with E-state index in [1.165, 1.54) is 0 Å². The van der Waals surface area contributed by atoms with Gasteiger partial charge in [0.1, 0.15) is 11.6 Å². The Labute approximate surface area is 134 Å². The number of rotatable bonds is 2. The summed E-state index contributed by atoms with van der Waals surface area (Å²) >= 11 is 0.105. The van der Waals surface area contributed by atoms with Crippen molar-refractivity contribution in [3.05, 3.63) is 53.1 Å². The Kier molecular flexibility index (Phi) is 4.71. The van der Waals surface area contributed by atoms with Gasteiger partial charge in [-0.15, -0.1) is 0 Å². The van der Waals surface area contributed by atoms with Crippen LogP contribution in [0.1, 0.15) is 11.1 Å². The largest absolute Gasteiger partial charge is 0.416 e. The van der Waals surface area contributed by atoms with Gasteiger partial charge in [0.2, 0.25) is 0 Å². The SMILES string of the molecule is Nc1cc(F)c(Sc2cc(C(F)(F)F)cc(C(F)(F)F)c2)c(F)c1. The molecule has 2 N–H and O–H groups in total. The van der Waals surface area contributed by atoms with Gasteiger partial charge < -0.3 is 5.73 Å². The van der Waals surface area contributed by atoms with E-state index in [4.69, 9.17) is 5.73 Å². The molecule has 0 radical (unpaired) electrons. The van der Waals surface area contributed by atoms with Crippen molar-refractivity contribution in [1.29, 1.82) is 0 Å². The molecule has 0 bridgehead atoms. The van der Waals surface area contributed by atoms with Crippen molar-refractivity contribution in [1.82, 2.24) is 0 Å². The van der Waals surface area contributed by atoms with Crippen molar-refractivity contribution >= 4 is 17.4 Å². The molecule has 0 saturated heterocycles. The van der Waals surface area contributed by atoms with Crippen molar-refractivity contribution in [3.63, 3.8) is 0 Å². The van der Waals surface area contributed by atoms with Gasteiger partial charge in [-0.3, -0.25) is 0 Å². The first-order valence-electron chi connectivity index (χ1n) is 6.10. The van der Waals surface area contributed by atoms with E-state index < -0.39 is 44.9 Å². The van der Waals surface area contributed by atoms with E-state index >= 15 is 0 Å². The number of alkyl halides is 6. The molecule has 0 atom stereocenters. The molecule has 0 spiro atoms. The molecule has 2 aromatic carbocycles. The van der Waals surface area contributed by atoms with Crippen LogP contribution in [0.2, 0.25) is 0 Å². The van der Waals surface area contributed by atoms with Gasteiger partial charge in [-0.1, -0.05) is 11.8 Å². The van der Waals surface area contributed by atoms with Crippen LogP contribution >= 0.6 is 11.8 Å². The number of benzene rings is 2. The monoisotopic (exact) mass is 373 g/mol. The lowest BCUT2D eigenvalue weighted by Crippen LogP contribution is -2.11. The summed E-state index contributed by atoms with van der Waals surface area (Å²) in [4.78, 5) is -1.36. The molecular weight excluding hydrogens is 366 g/mol. The second-order valence-electron chi connectivity index (χ2n) is 4.66. The van der Waals surface area contributed by atoms with E-state index in [2.05, 4.69) is 0 Å². The fourth-order valence-electron chi connectivity index (χ4n) is 1.78. The molecule has 0 saturated carbocycles. The van der Waals surface area contributed by atoms with Crippen LogP contribution in [0, 0.1) is 11.6 Å². The Morgan fingerprint density at radius 3 is 1.50 bits per heavy atom. The molecule has 130 valence electrons. The molecule has 0 aliphatic heterocycles. The van der Waals surface area contributed by atoms with Crippen molar-refractivity contribution < 1.29 is 35.1 Å². The van der Waals surface area contributed by atoms with E-state index in [1.54, 1.807) is 0 Å². The molecule has 1 nitrogen and oxygen atoms in total. The highest BCUT2D eigenvalue weighted by Crippen LogP contribution is 2.41. The van der Waals surface area contributed by atoms with Gasteiger partial charge in [-0.25, -0.2) is 8.78 Å². The summed E-state index contributed by atoms with van der Waals surface area (Å²) in [6.45, 7) is 0. The predicted octanol–water partition coefficient (Wildman–Crippen LogP) is 5.74. The first-order chi connectivity index (χ1) is 10.9. The number of nitrogen functional groups attached to an aromatic ring is 1. The molecule has 0 amide bonds. The zero-order valence-electron chi connectivity index (χ0n) is 11.4. The Morgan fingerprint density at radius 1 is 0.708 bits per heavy atom. The van der Waals surface area contributed by atoms with E-state index in [0.29, 0.717) is 24.3 Å². The first-order valence-corrected chi connectivity index (χ1v) is 6.91. The average Bonchev–Trinajstić information content (AvgIpc) is 2.40. The Balaban J connectivity index is 2.55. The number of hydrogen-bond acceptors (Lipinski definition) is 2. The van der Waals surface area contributed by atoms with Crippen LogP contribution in [-0.4, -0.2) is 0 Å². The molecular formula is C14H7F8NS. The summed E-state index contributed by atoms with van der Waals surface area (Å²) in [5, 5.41) is 0. The molecule has 0 aliphatic carbocycles.